The molecular weight excluding hydrogens is 396 g/mol. The summed E-state index contributed by atoms with van der Waals surface area (Å²) in [7, 11) is 4.54. The number of nitrogens with one attached hydrogen (secondary N) is 2. The fraction of sp³-hybridized carbons (Fsp3) is 0.250. The molecule has 0 heterocycles. The van der Waals surface area contributed by atoms with Crippen LogP contribution in [0.4, 0.5) is 11.4 Å². The minimum atomic E-state index is -0.355. The van der Waals surface area contributed by atoms with E-state index in [9.17, 15) is 9.59 Å². The zero-order valence-corrected chi connectivity index (χ0v) is 17.7. The molecule has 0 saturated heterocycles. The van der Waals surface area contributed by atoms with Crippen molar-refractivity contribution in [3.63, 3.8) is 0 Å². The van der Waals surface area contributed by atoms with Crippen LogP contribution < -0.4 is 24.8 Å². The molecular formula is C24H24N2O5. The standard InChI is InChI=1S/C24H24N2O5/c1-29-20-12-17(13-21(30-2)22(20)31-3)25-24(28)18-10-15-6-4-5-7-16(15)11-19(18)26-23(27)14-8-9-14/h4-7,10-14H,8-9H2,1-3H3,(H,25,28)(H,26,27). The zero-order chi connectivity index (χ0) is 22.0. The summed E-state index contributed by atoms with van der Waals surface area (Å²) in [6, 6.07) is 14.6. The van der Waals surface area contributed by atoms with Gasteiger partial charge in [0.05, 0.1) is 32.6 Å². The third-order valence-electron chi connectivity index (χ3n) is 5.26. The summed E-state index contributed by atoms with van der Waals surface area (Å²) in [4.78, 5) is 25.6. The van der Waals surface area contributed by atoms with Crippen molar-refractivity contribution in [3.8, 4) is 17.2 Å². The van der Waals surface area contributed by atoms with Crippen LogP contribution in [0.15, 0.2) is 48.5 Å². The monoisotopic (exact) mass is 420 g/mol. The van der Waals surface area contributed by atoms with Gasteiger partial charge in [-0.05, 0) is 35.7 Å². The number of hydrogen-bond acceptors (Lipinski definition) is 5. The Morgan fingerprint density at radius 3 is 2.00 bits per heavy atom. The molecule has 0 atom stereocenters. The van der Waals surface area contributed by atoms with Gasteiger partial charge in [-0.1, -0.05) is 24.3 Å². The van der Waals surface area contributed by atoms with Crippen molar-refractivity contribution in [1.82, 2.24) is 0 Å². The highest BCUT2D eigenvalue weighted by Gasteiger charge is 2.30. The SMILES string of the molecule is COc1cc(NC(=O)c2cc3ccccc3cc2NC(=O)C2CC2)cc(OC)c1OC. The van der Waals surface area contributed by atoms with Crippen molar-refractivity contribution >= 4 is 34.0 Å². The molecule has 4 rings (SSSR count). The molecule has 160 valence electrons. The number of rotatable bonds is 7. The van der Waals surface area contributed by atoms with Crippen molar-refractivity contribution < 1.29 is 23.8 Å². The molecule has 31 heavy (non-hydrogen) atoms. The Morgan fingerprint density at radius 2 is 1.45 bits per heavy atom. The van der Waals surface area contributed by atoms with Gasteiger partial charge in [0, 0.05) is 23.7 Å². The highest BCUT2D eigenvalue weighted by atomic mass is 16.5. The second-order valence-electron chi connectivity index (χ2n) is 7.38. The first-order valence-corrected chi connectivity index (χ1v) is 9.99. The molecule has 1 fully saturated rings. The predicted octanol–water partition coefficient (Wildman–Crippen LogP) is 4.47. The van der Waals surface area contributed by atoms with Gasteiger partial charge in [-0.2, -0.15) is 0 Å². The van der Waals surface area contributed by atoms with Gasteiger partial charge >= 0.3 is 0 Å². The van der Waals surface area contributed by atoms with E-state index in [1.807, 2.05) is 30.3 Å². The summed E-state index contributed by atoms with van der Waals surface area (Å²) in [5, 5.41) is 7.65. The van der Waals surface area contributed by atoms with Gasteiger partial charge in [0.25, 0.3) is 5.91 Å². The molecule has 1 aliphatic rings. The van der Waals surface area contributed by atoms with E-state index in [-0.39, 0.29) is 17.7 Å². The molecule has 2 amide bonds. The Hall–Kier alpha value is -3.74. The molecule has 0 spiro atoms. The molecule has 1 saturated carbocycles. The molecule has 3 aromatic carbocycles. The van der Waals surface area contributed by atoms with E-state index in [1.54, 1.807) is 18.2 Å². The Labute approximate surface area is 180 Å². The van der Waals surface area contributed by atoms with E-state index in [1.165, 1.54) is 21.3 Å². The maximum Gasteiger partial charge on any atom is 0.257 e. The number of hydrogen-bond donors (Lipinski definition) is 2. The topological polar surface area (TPSA) is 85.9 Å². The summed E-state index contributed by atoms with van der Waals surface area (Å²) >= 11 is 0. The lowest BCUT2D eigenvalue weighted by molar-refractivity contribution is -0.117. The predicted molar refractivity (Wildman–Crippen MR) is 119 cm³/mol. The van der Waals surface area contributed by atoms with E-state index in [0.29, 0.717) is 34.2 Å². The van der Waals surface area contributed by atoms with Crippen LogP contribution in [0.2, 0.25) is 0 Å². The third-order valence-corrected chi connectivity index (χ3v) is 5.26. The minimum absolute atomic E-state index is 0.0255. The van der Waals surface area contributed by atoms with E-state index in [4.69, 9.17) is 14.2 Å². The number of anilines is 2. The van der Waals surface area contributed by atoms with Crippen LogP contribution in [0, 0.1) is 5.92 Å². The van der Waals surface area contributed by atoms with Gasteiger partial charge in [-0.3, -0.25) is 9.59 Å². The third kappa shape index (κ3) is 4.26. The normalized spacial score (nSPS) is 12.9. The molecule has 7 nitrogen and oxygen atoms in total. The van der Waals surface area contributed by atoms with Crippen molar-refractivity contribution in [3.05, 3.63) is 54.1 Å². The lowest BCUT2D eigenvalue weighted by Gasteiger charge is -2.16. The summed E-state index contributed by atoms with van der Waals surface area (Å²) in [6.07, 6.45) is 1.76. The lowest BCUT2D eigenvalue weighted by atomic mass is 10.0. The largest absolute Gasteiger partial charge is 0.493 e. The van der Waals surface area contributed by atoms with Gasteiger partial charge in [0.15, 0.2) is 11.5 Å². The Balaban J connectivity index is 1.70. The number of fused-ring (bicyclic) bond motifs is 1. The first kappa shape index (κ1) is 20.5. The van der Waals surface area contributed by atoms with E-state index >= 15 is 0 Å². The number of carbonyl (C=O) groups is 2. The highest BCUT2D eigenvalue weighted by Crippen LogP contribution is 2.40. The van der Waals surface area contributed by atoms with Crippen LogP contribution in [-0.4, -0.2) is 33.1 Å². The molecule has 1 aliphatic carbocycles. The fourth-order valence-electron chi connectivity index (χ4n) is 3.46. The average molecular weight is 420 g/mol. The van der Waals surface area contributed by atoms with E-state index < -0.39 is 0 Å². The van der Waals surface area contributed by atoms with Crippen LogP contribution in [-0.2, 0) is 4.79 Å². The number of benzene rings is 3. The van der Waals surface area contributed by atoms with Crippen molar-refractivity contribution in [2.75, 3.05) is 32.0 Å². The van der Waals surface area contributed by atoms with Crippen LogP contribution in [0.1, 0.15) is 23.2 Å². The first-order valence-electron chi connectivity index (χ1n) is 9.99. The number of amides is 2. The summed E-state index contributed by atoms with van der Waals surface area (Å²) in [6.45, 7) is 0. The van der Waals surface area contributed by atoms with Gasteiger partial charge in [0.2, 0.25) is 11.7 Å². The Bertz CT molecular complexity index is 1130. The molecule has 0 aromatic heterocycles. The maximum atomic E-state index is 13.2. The maximum absolute atomic E-state index is 13.2. The molecule has 0 bridgehead atoms. The number of ether oxygens (including phenoxy) is 3. The quantitative estimate of drug-likeness (QED) is 0.589. The van der Waals surface area contributed by atoms with Crippen LogP contribution in [0.25, 0.3) is 10.8 Å². The van der Waals surface area contributed by atoms with Gasteiger partial charge < -0.3 is 24.8 Å². The molecule has 3 aromatic rings. The zero-order valence-electron chi connectivity index (χ0n) is 17.7. The Kier molecular flexibility index (Phi) is 5.66. The molecule has 0 unspecified atom stereocenters. The fourth-order valence-corrected chi connectivity index (χ4v) is 3.46. The minimum Gasteiger partial charge on any atom is -0.493 e. The van der Waals surface area contributed by atoms with Crippen LogP contribution in [0.3, 0.4) is 0 Å². The summed E-state index contributed by atoms with van der Waals surface area (Å²) in [5.41, 5.74) is 1.34. The molecule has 0 radical (unpaired) electrons. The lowest BCUT2D eigenvalue weighted by Crippen LogP contribution is -2.19. The molecule has 0 aliphatic heterocycles. The first-order chi connectivity index (χ1) is 15.0. The molecule has 2 N–H and O–H groups in total. The van der Waals surface area contributed by atoms with E-state index in [0.717, 1.165) is 23.6 Å². The second-order valence-corrected chi connectivity index (χ2v) is 7.38. The highest BCUT2D eigenvalue weighted by molar-refractivity contribution is 6.13. The van der Waals surface area contributed by atoms with E-state index in [2.05, 4.69) is 10.6 Å². The molecule has 7 heteroatoms. The average Bonchev–Trinajstić information content (AvgIpc) is 3.63. The summed E-state index contributed by atoms with van der Waals surface area (Å²) in [5.74, 6) is 0.905. The Morgan fingerprint density at radius 1 is 0.839 bits per heavy atom. The summed E-state index contributed by atoms with van der Waals surface area (Å²) < 4.78 is 16.1. The number of methoxy groups -OCH3 is 3. The van der Waals surface area contributed by atoms with Crippen LogP contribution >= 0.6 is 0 Å². The van der Waals surface area contributed by atoms with Crippen molar-refractivity contribution in [2.45, 2.75) is 12.8 Å². The van der Waals surface area contributed by atoms with Gasteiger partial charge in [0.1, 0.15) is 0 Å². The number of carbonyl (C=O) groups excluding carboxylic acids is 2. The van der Waals surface area contributed by atoms with Crippen molar-refractivity contribution in [2.24, 2.45) is 5.92 Å². The van der Waals surface area contributed by atoms with Crippen LogP contribution in [0.5, 0.6) is 17.2 Å². The smallest absolute Gasteiger partial charge is 0.257 e. The van der Waals surface area contributed by atoms with Crippen molar-refractivity contribution in [1.29, 1.82) is 0 Å². The van der Waals surface area contributed by atoms with Gasteiger partial charge in [-0.15, -0.1) is 0 Å². The second kappa shape index (κ2) is 8.55. The van der Waals surface area contributed by atoms with Gasteiger partial charge in [-0.25, -0.2) is 0 Å².